The van der Waals surface area contributed by atoms with Crippen molar-refractivity contribution in [2.24, 2.45) is 10.2 Å². The van der Waals surface area contributed by atoms with Crippen molar-refractivity contribution >= 4 is 29.8 Å². The summed E-state index contributed by atoms with van der Waals surface area (Å²) in [6, 6.07) is 16.1. The number of benzene rings is 2. The Hall–Kier alpha value is -2.44. The third-order valence-electron chi connectivity index (χ3n) is 4.22. The highest BCUT2D eigenvalue weighted by molar-refractivity contribution is 5.85. The Morgan fingerprint density at radius 3 is 2.67 bits per heavy atom. The van der Waals surface area contributed by atoms with Crippen molar-refractivity contribution in [3.8, 4) is 0 Å². The quantitative estimate of drug-likeness (QED) is 0.921. The predicted octanol–water partition coefficient (Wildman–Crippen LogP) is 3.82. The largest absolute Gasteiger partial charge is 0.365 e. The summed E-state index contributed by atoms with van der Waals surface area (Å²) in [5, 5.41) is 11.0. The van der Waals surface area contributed by atoms with Gasteiger partial charge in [0.15, 0.2) is 6.17 Å². The summed E-state index contributed by atoms with van der Waals surface area (Å²) in [6.45, 7) is 1.29. The van der Waals surface area contributed by atoms with Crippen LogP contribution in [0.3, 0.4) is 0 Å². The standard InChI is InChI=1S/C17H17N5O.ClH/c1-18-10-12-6-8-13(9-7-12)21-11-22-16(19-20-17(22)23)14-4-2-3-5-15(14)21;/h2-9,16,18H,10-11H2,1H3;1H. The summed E-state index contributed by atoms with van der Waals surface area (Å²) in [4.78, 5) is 15.8. The van der Waals surface area contributed by atoms with Crippen molar-refractivity contribution in [3.05, 3.63) is 59.7 Å². The SMILES string of the molecule is CNCc1ccc(N2CN3C(=O)N=NC3c3ccccc32)cc1.Cl. The van der Waals surface area contributed by atoms with Gasteiger partial charge in [-0.1, -0.05) is 35.4 Å². The molecule has 4 rings (SSSR count). The van der Waals surface area contributed by atoms with Crippen molar-refractivity contribution in [3.63, 3.8) is 0 Å². The molecule has 1 N–H and O–H groups in total. The van der Waals surface area contributed by atoms with Crippen LogP contribution >= 0.6 is 12.4 Å². The summed E-state index contributed by atoms with van der Waals surface area (Å²) in [6.07, 6.45) is -0.293. The smallest absolute Gasteiger partial charge is 0.323 e. The molecule has 124 valence electrons. The summed E-state index contributed by atoms with van der Waals surface area (Å²) in [5.41, 5.74) is 4.36. The molecule has 0 fully saturated rings. The minimum absolute atomic E-state index is 0. The average Bonchev–Trinajstić information content (AvgIpc) is 2.97. The van der Waals surface area contributed by atoms with E-state index in [0.29, 0.717) is 6.67 Å². The molecule has 0 aromatic heterocycles. The number of amides is 2. The number of carbonyl (C=O) groups is 1. The molecule has 6 nitrogen and oxygen atoms in total. The van der Waals surface area contributed by atoms with E-state index in [9.17, 15) is 4.79 Å². The van der Waals surface area contributed by atoms with Crippen molar-refractivity contribution < 1.29 is 4.79 Å². The van der Waals surface area contributed by atoms with Gasteiger partial charge < -0.3 is 10.2 Å². The van der Waals surface area contributed by atoms with E-state index < -0.39 is 0 Å². The number of urea groups is 1. The Balaban J connectivity index is 0.00000169. The van der Waals surface area contributed by atoms with E-state index in [1.807, 2.05) is 25.2 Å². The maximum absolute atomic E-state index is 12.0. The van der Waals surface area contributed by atoms with Gasteiger partial charge in [-0.15, -0.1) is 12.4 Å². The van der Waals surface area contributed by atoms with Gasteiger partial charge >= 0.3 is 6.03 Å². The van der Waals surface area contributed by atoms with Gasteiger partial charge in [0.25, 0.3) is 0 Å². The second-order valence-electron chi connectivity index (χ2n) is 5.67. The van der Waals surface area contributed by atoms with Gasteiger partial charge in [0, 0.05) is 17.8 Å². The van der Waals surface area contributed by atoms with Crippen molar-refractivity contribution in [1.29, 1.82) is 0 Å². The first-order valence-electron chi connectivity index (χ1n) is 7.59. The molecule has 0 spiro atoms. The third-order valence-corrected chi connectivity index (χ3v) is 4.22. The zero-order valence-electron chi connectivity index (χ0n) is 13.2. The van der Waals surface area contributed by atoms with Crippen molar-refractivity contribution in [2.75, 3.05) is 18.6 Å². The van der Waals surface area contributed by atoms with Crippen molar-refractivity contribution in [2.45, 2.75) is 12.7 Å². The number of hydrogen-bond acceptors (Lipinski definition) is 4. The van der Waals surface area contributed by atoms with Crippen molar-refractivity contribution in [1.82, 2.24) is 10.2 Å². The molecule has 2 aliphatic heterocycles. The van der Waals surface area contributed by atoms with E-state index in [0.717, 1.165) is 23.5 Å². The van der Waals surface area contributed by atoms with Crippen LogP contribution in [0.15, 0.2) is 58.8 Å². The lowest BCUT2D eigenvalue weighted by molar-refractivity contribution is 0.199. The Morgan fingerprint density at radius 1 is 1.17 bits per heavy atom. The van der Waals surface area contributed by atoms with Crippen LogP contribution in [0.2, 0.25) is 0 Å². The molecule has 2 aliphatic rings. The molecule has 1 unspecified atom stereocenters. The molecule has 1 atom stereocenters. The van der Waals surface area contributed by atoms with Gasteiger partial charge in [0.2, 0.25) is 0 Å². The van der Waals surface area contributed by atoms with Crippen LogP contribution in [0.5, 0.6) is 0 Å². The van der Waals surface area contributed by atoms with Crippen LogP contribution < -0.4 is 10.2 Å². The first-order chi connectivity index (χ1) is 11.3. The Labute approximate surface area is 146 Å². The van der Waals surface area contributed by atoms with Gasteiger partial charge in [-0.3, -0.25) is 4.90 Å². The lowest BCUT2D eigenvalue weighted by Gasteiger charge is -2.38. The van der Waals surface area contributed by atoms with Gasteiger partial charge in [-0.2, -0.15) is 5.11 Å². The molecule has 0 aliphatic carbocycles. The number of hydrogen-bond donors (Lipinski definition) is 1. The third kappa shape index (κ3) is 2.64. The highest BCUT2D eigenvalue weighted by Gasteiger charge is 2.38. The van der Waals surface area contributed by atoms with Gasteiger partial charge in [0.05, 0.1) is 5.69 Å². The van der Waals surface area contributed by atoms with Crippen LogP contribution in [-0.4, -0.2) is 24.6 Å². The molecule has 7 heteroatoms. The molecule has 2 aromatic carbocycles. The molecule has 2 amide bonds. The first-order valence-corrected chi connectivity index (χ1v) is 7.59. The lowest BCUT2D eigenvalue weighted by atomic mass is 10.1. The van der Waals surface area contributed by atoms with Gasteiger partial charge in [-0.25, -0.2) is 4.79 Å². The first kappa shape index (κ1) is 16.4. The highest BCUT2D eigenvalue weighted by atomic mass is 35.5. The molecule has 0 bridgehead atoms. The zero-order valence-corrected chi connectivity index (χ0v) is 14.0. The Kier molecular flexibility index (Phi) is 4.51. The fraction of sp³-hybridized carbons (Fsp3) is 0.235. The molecule has 0 saturated heterocycles. The number of anilines is 2. The minimum atomic E-state index is -0.293. The fourth-order valence-corrected chi connectivity index (χ4v) is 3.10. The van der Waals surface area contributed by atoms with Crippen LogP contribution in [-0.2, 0) is 6.54 Å². The number of nitrogens with one attached hydrogen (secondary N) is 1. The lowest BCUT2D eigenvalue weighted by Crippen LogP contribution is -2.42. The normalized spacial score (nSPS) is 18.2. The van der Waals surface area contributed by atoms with Crippen LogP contribution in [0.25, 0.3) is 0 Å². The second-order valence-corrected chi connectivity index (χ2v) is 5.67. The molecule has 24 heavy (non-hydrogen) atoms. The zero-order chi connectivity index (χ0) is 15.8. The topological polar surface area (TPSA) is 60.3 Å². The van der Waals surface area contributed by atoms with E-state index >= 15 is 0 Å². The summed E-state index contributed by atoms with van der Waals surface area (Å²) in [7, 11) is 1.93. The maximum atomic E-state index is 12.0. The van der Waals surface area contributed by atoms with Gasteiger partial charge in [0.1, 0.15) is 6.67 Å². The van der Waals surface area contributed by atoms with Crippen LogP contribution in [0, 0.1) is 0 Å². The monoisotopic (exact) mass is 343 g/mol. The molecule has 0 saturated carbocycles. The molecule has 2 heterocycles. The van der Waals surface area contributed by atoms with Crippen LogP contribution in [0.4, 0.5) is 16.2 Å². The molecule has 0 radical (unpaired) electrons. The van der Waals surface area contributed by atoms with E-state index in [1.54, 1.807) is 4.90 Å². The molecular weight excluding hydrogens is 326 g/mol. The van der Waals surface area contributed by atoms with Crippen LogP contribution in [0.1, 0.15) is 17.3 Å². The minimum Gasteiger partial charge on any atom is -0.323 e. The van der Waals surface area contributed by atoms with E-state index in [-0.39, 0.29) is 24.6 Å². The second kappa shape index (κ2) is 6.59. The number of rotatable bonds is 3. The number of halogens is 1. The number of para-hydroxylation sites is 1. The number of azo groups is 1. The highest BCUT2D eigenvalue weighted by Crippen LogP contribution is 2.42. The van der Waals surface area contributed by atoms with Gasteiger partial charge in [-0.05, 0) is 30.8 Å². The maximum Gasteiger partial charge on any atom is 0.365 e. The van der Waals surface area contributed by atoms with E-state index in [2.05, 4.69) is 50.8 Å². The summed E-state index contributed by atoms with van der Waals surface area (Å²) < 4.78 is 0. The summed E-state index contributed by atoms with van der Waals surface area (Å²) in [5.74, 6) is 0. The number of carbonyl (C=O) groups excluding carboxylic acids is 1. The molecule has 2 aromatic rings. The number of nitrogens with zero attached hydrogens (tertiary/aromatic N) is 4. The summed E-state index contributed by atoms with van der Waals surface area (Å²) >= 11 is 0. The molecular formula is C17H18ClN5O. The predicted molar refractivity (Wildman–Crippen MR) is 94.7 cm³/mol. The number of fused-ring (bicyclic) bond motifs is 3. The van der Waals surface area contributed by atoms with E-state index in [1.165, 1.54) is 5.56 Å². The Morgan fingerprint density at radius 2 is 1.92 bits per heavy atom. The average molecular weight is 344 g/mol. The fourth-order valence-electron chi connectivity index (χ4n) is 3.10. The Bertz CT molecular complexity index is 777. The van der Waals surface area contributed by atoms with E-state index in [4.69, 9.17) is 0 Å².